The lowest BCUT2D eigenvalue weighted by Gasteiger charge is -2.27. The Bertz CT molecular complexity index is 250. The van der Waals surface area contributed by atoms with Gasteiger partial charge in [-0.3, -0.25) is 0 Å². The van der Waals surface area contributed by atoms with Gasteiger partial charge in [-0.15, -0.1) is 0 Å². The Morgan fingerprint density at radius 2 is 1.84 bits per heavy atom. The Labute approximate surface area is 118 Å². The predicted molar refractivity (Wildman–Crippen MR) is 80.3 cm³/mol. The molecule has 19 heavy (non-hydrogen) atoms. The standard InChI is InChI=1S/C15H31N3O/c1-12(2)10-14(11-18(3)4)17-15(19)16-13-8-6-5-7-9-13/h12-14H,5-11H2,1-4H3,(H2,16,17,19). The number of nitrogens with zero attached hydrogens (tertiary/aromatic N) is 1. The highest BCUT2D eigenvalue weighted by Crippen LogP contribution is 2.17. The molecule has 0 bridgehead atoms. The van der Waals surface area contributed by atoms with Gasteiger partial charge in [-0.1, -0.05) is 33.1 Å². The van der Waals surface area contributed by atoms with Crippen LogP contribution in [0.15, 0.2) is 0 Å². The highest BCUT2D eigenvalue weighted by atomic mass is 16.2. The van der Waals surface area contributed by atoms with Crippen molar-refractivity contribution in [2.24, 2.45) is 5.92 Å². The molecule has 0 aliphatic heterocycles. The van der Waals surface area contributed by atoms with Crippen molar-refractivity contribution in [1.29, 1.82) is 0 Å². The number of urea groups is 1. The van der Waals surface area contributed by atoms with Crippen molar-refractivity contribution in [3.63, 3.8) is 0 Å². The van der Waals surface area contributed by atoms with Crippen molar-refractivity contribution in [1.82, 2.24) is 15.5 Å². The molecule has 0 saturated heterocycles. The minimum absolute atomic E-state index is 0.0133. The first-order valence-corrected chi connectivity index (χ1v) is 7.69. The quantitative estimate of drug-likeness (QED) is 0.778. The van der Waals surface area contributed by atoms with Crippen LogP contribution in [0.25, 0.3) is 0 Å². The second-order valence-corrected chi connectivity index (χ2v) is 6.54. The van der Waals surface area contributed by atoms with Crippen molar-refractivity contribution in [2.45, 2.75) is 64.5 Å². The van der Waals surface area contributed by atoms with Crippen LogP contribution in [0.3, 0.4) is 0 Å². The Hall–Kier alpha value is -0.770. The zero-order chi connectivity index (χ0) is 14.3. The summed E-state index contributed by atoms with van der Waals surface area (Å²) in [6.45, 7) is 5.29. The second kappa shape index (κ2) is 8.41. The molecule has 1 fully saturated rings. The molecule has 2 N–H and O–H groups in total. The average Bonchev–Trinajstić information content (AvgIpc) is 2.27. The summed E-state index contributed by atoms with van der Waals surface area (Å²) in [5, 5.41) is 6.26. The molecule has 1 aliphatic carbocycles. The molecule has 0 spiro atoms. The first-order chi connectivity index (χ1) is 8.97. The third kappa shape index (κ3) is 7.41. The first-order valence-electron chi connectivity index (χ1n) is 7.69. The van der Waals surface area contributed by atoms with Crippen LogP contribution < -0.4 is 10.6 Å². The molecule has 0 aromatic heterocycles. The Balaban J connectivity index is 2.36. The summed E-state index contributed by atoms with van der Waals surface area (Å²) in [6, 6.07) is 0.630. The maximum absolute atomic E-state index is 12.0. The van der Waals surface area contributed by atoms with Crippen molar-refractivity contribution < 1.29 is 4.79 Å². The van der Waals surface area contributed by atoms with Gasteiger partial charge in [0, 0.05) is 18.6 Å². The van der Waals surface area contributed by atoms with E-state index in [9.17, 15) is 4.79 Å². The van der Waals surface area contributed by atoms with Crippen LogP contribution in [-0.2, 0) is 0 Å². The van der Waals surface area contributed by atoms with Crippen LogP contribution >= 0.6 is 0 Å². The highest BCUT2D eigenvalue weighted by Gasteiger charge is 2.19. The molecule has 1 saturated carbocycles. The molecule has 1 atom stereocenters. The maximum Gasteiger partial charge on any atom is 0.315 e. The fraction of sp³-hybridized carbons (Fsp3) is 0.933. The molecule has 4 heteroatoms. The summed E-state index contributed by atoms with van der Waals surface area (Å²) in [5.74, 6) is 0.597. The summed E-state index contributed by atoms with van der Waals surface area (Å²) in [4.78, 5) is 14.2. The van der Waals surface area contributed by atoms with Crippen LogP contribution in [0.1, 0.15) is 52.4 Å². The minimum Gasteiger partial charge on any atom is -0.335 e. The van der Waals surface area contributed by atoms with Gasteiger partial charge in [0.05, 0.1) is 0 Å². The lowest BCUT2D eigenvalue weighted by molar-refractivity contribution is 0.221. The van der Waals surface area contributed by atoms with E-state index in [-0.39, 0.29) is 12.1 Å². The fourth-order valence-electron chi connectivity index (χ4n) is 2.85. The topological polar surface area (TPSA) is 44.4 Å². The molecule has 0 radical (unpaired) electrons. The van der Waals surface area contributed by atoms with E-state index in [2.05, 4.69) is 29.4 Å². The van der Waals surface area contributed by atoms with E-state index in [1.165, 1.54) is 19.3 Å². The van der Waals surface area contributed by atoms with Gasteiger partial charge in [0.25, 0.3) is 0 Å². The fourth-order valence-corrected chi connectivity index (χ4v) is 2.85. The van der Waals surface area contributed by atoms with Crippen LogP contribution in [-0.4, -0.2) is 43.7 Å². The van der Waals surface area contributed by atoms with E-state index >= 15 is 0 Å². The first kappa shape index (κ1) is 16.3. The van der Waals surface area contributed by atoms with E-state index < -0.39 is 0 Å². The Kier molecular flexibility index (Phi) is 7.21. The maximum atomic E-state index is 12.0. The van der Waals surface area contributed by atoms with Crippen LogP contribution in [0.2, 0.25) is 0 Å². The number of amides is 2. The number of hydrogen-bond acceptors (Lipinski definition) is 2. The lowest BCUT2D eigenvalue weighted by atomic mass is 9.96. The Morgan fingerprint density at radius 3 is 2.37 bits per heavy atom. The van der Waals surface area contributed by atoms with Crippen molar-refractivity contribution in [3.8, 4) is 0 Å². The third-order valence-electron chi connectivity index (χ3n) is 3.62. The normalized spacial score (nSPS) is 18.6. The highest BCUT2D eigenvalue weighted by molar-refractivity contribution is 5.74. The van der Waals surface area contributed by atoms with Crippen molar-refractivity contribution in [2.75, 3.05) is 20.6 Å². The zero-order valence-electron chi connectivity index (χ0n) is 13.0. The van der Waals surface area contributed by atoms with E-state index in [0.29, 0.717) is 12.0 Å². The molecule has 4 nitrogen and oxygen atoms in total. The molecule has 1 rings (SSSR count). The third-order valence-corrected chi connectivity index (χ3v) is 3.62. The van der Waals surface area contributed by atoms with Gasteiger partial charge in [0.1, 0.15) is 0 Å². The molecule has 0 aromatic carbocycles. The Morgan fingerprint density at radius 1 is 1.21 bits per heavy atom. The van der Waals surface area contributed by atoms with E-state index in [1.807, 2.05) is 14.1 Å². The summed E-state index contributed by atoms with van der Waals surface area (Å²) in [5.41, 5.74) is 0. The van der Waals surface area contributed by atoms with Gasteiger partial charge < -0.3 is 15.5 Å². The van der Waals surface area contributed by atoms with Crippen LogP contribution in [0.4, 0.5) is 4.79 Å². The predicted octanol–water partition coefficient (Wildman–Crippen LogP) is 2.59. The van der Waals surface area contributed by atoms with E-state index in [1.54, 1.807) is 0 Å². The van der Waals surface area contributed by atoms with E-state index in [4.69, 9.17) is 0 Å². The van der Waals surface area contributed by atoms with Gasteiger partial charge in [0.2, 0.25) is 0 Å². The summed E-state index contributed by atoms with van der Waals surface area (Å²) in [7, 11) is 4.10. The number of carbonyl (C=O) groups is 1. The SMILES string of the molecule is CC(C)CC(CN(C)C)NC(=O)NC1CCCCC1. The monoisotopic (exact) mass is 269 g/mol. The van der Waals surface area contributed by atoms with Gasteiger partial charge in [0.15, 0.2) is 0 Å². The number of carbonyl (C=O) groups excluding carboxylic acids is 1. The molecular formula is C15H31N3O. The molecule has 2 amide bonds. The molecular weight excluding hydrogens is 238 g/mol. The largest absolute Gasteiger partial charge is 0.335 e. The smallest absolute Gasteiger partial charge is 0.315 e. The number of likely N-dealkylation sites (N-methyl/N-ethyl adjacent to an activating group) is 1. The zero-order valence-corrected chi connectivity index (χ0v) is 13.0. The summed E-state index contributed by atoms with van der Waals surface area (Å²) < 4.78 is 0. The molecule has 112 valence electrons. The van der Waals surface area contributed by atoms with Gasteiger partial charge in [-0.2, -0.15) is 0 Å². The molecule has 0 aromatic rings. The lowest BCUT2D eigenvalue weighted by Crippen LogP contribution is -2.49. The number of nitrogens with one attached hydrogen (secondary N) is 2. The van der Waals surface area contributed by atoms with E-state index in [0.717, 1.165) is 25.8 Å². The van der Waals surface area contributed by atoms with Crippen molar-refractivity contribution in [3.05, 3.63) is 0 Å². The number of rotatable bonds is 6. The van der Waals surface area contributed by atoms with Gasteiger partial charge >= 0.3 is 6.03 Å². The summed E-state index contributed by atoms with van der Waals surface area (Å²) >= 11 is 0. The summed E-state index contributed by atoms with van der Waals surface area (Å²) in [6.07, 6.45) is 7.11. The van der Waals surface area contributed by atoms with Gasteiger partial charge in [-0.25, -0.2) is 4.79 Å². The van der Waals surface area contributed by atoms with Crippen molar-refractivity contribution >= 4 is 6.03 Å². The minimum atomic E-state index is 0.0133. The van der Waals surface area contributed by atoms with Crippen LogP contribution in [0, 0.1) is 5.92 Å². The average molecular weight is 269 g/mol. The molecule has 1 unspecified atom stereocenters. The molecule has 1 aliphatic rings. The number of hydrogen-bond donors (Lipinski definition) is 2. The van der Waals surface area contributed by atoms with Crippen LogP contribution in [0.5, 0.6) is 0 Å². The second-order valence-electron chi connectivity index (χ2n) is 6.54. The molecule has 0 heterocycles. The van der Waals surface area contributed by atoms with Gasteiger partial charge in [-0.05, 0) is 39.3 Å².